The van der Waals surface area contributed by atoms with Gasteiger partial charge in [0.25, 0.3) is 5.91 Å². The molecule has 3 aromatic rings. The summed E-state index contributed by atoms with van der Waals surface area (Å²) in [6.45, 7) is 3.30. The van der Waals surface area contributed by atoms with E-state index in [0.717, 1.165) is 5.56 Å². The average Bonchev–Trinajstić information content (AvgIpc) is 3.12. The van der Waals surface area contributed by atoms with E-state index in [1.807, 2.05) is 37.3 Å². The minimum atomic E-state index is -0.356. The van der Waals surface area contributed by atoms with Crippen molar-refractivity contribution in [1.29, 1.82) is 0 Å². The van der Waals surface area contributed by atoms with Crippen molar-refractivity contribution in [3.8, 4) is 5.69 Å². The summed E-state index contributed by atoms with van der Waals surface area (Å²) in [5.41, 5.74) is 2.35. The van der Waals surface area contributed by atoms with Gasteiger partial charge in [-0.3, -0.25) is 9.59 Å². The second-order valence-corrected chi connectivity index (χ2v) is 6.41. The molecule has 0 radical (unpaired) electrons. The normalized spacial score (nSPS) is 11.7. The number of amides is 2. The number of halogens is 1. The first-order valence-corrected chi connectivity index (χ1v) is 8.67. The zero-order chi connectivity index (χ0) is 19.4. The topological polar surface area (TPSA) is 88.9 Å². The maximum atomic E-state index is 12.5. The van der Waals surface area contributed by atoms with E-state index in [0.29, 0.717) is 16.4 Å². The highest BCUT2D eigenvalue weighted by Gasteiger charge is 2.16. The Morgan fingerprint density at radius 3 is 2.67 bits per heavy atom. The van der Waals surface area contributed by atoms with Crippen molar-refractivity contribution >= 4 is 29.1 Å². The third-order valence-electron chi connectivity index (χ3n) is 3.88. The smallest absolute Gasteiger partial charge is 0.273 e. The molecule has 2 aromatic carbocycles. The van der Waals surface area contributed by atoms with Crippen LogP contribution in [0.3, 0.4) is 0 Å². The van der Waals surface area contributed by atoms with E-state index >= 15 is 0 Å². The highest BCUT2D eigenvalue weighted by molar-refractivity contribution is 6.32. The Morgan fingerprint density at radius 1 is 1.15 bits per heavy atom. The van der Waals surface area contributed by atoms with Crippen LogP contribution < -0.4 is 10.6 Å². The summed E-state index contributed by atoms with van der Waals surface area (Å²) in [5, 5.41) is 14.0. The van der Waals surface area contributed by atoms with Gasteiger partial charge in [-0.2, -0.15) is 0 Å². The first-order chi connectivity index (χ1) is 12.9. The van der Waals surface area contributed by atoms with Crippen LogP contribution in [0.1, 0.15) is 35.9 Å². The molecule has 0 aliphatic carbocycles. The molecule has 1 atom stereocenters. The lowest BCUT2D eigenvalue weighted by molar-refractivity contribution is -0.114. The minimum Gasteiger partial charge on any atom is -0.344 e. The van der Waals surface area contributed by atoms with Crippen molar-refractivity contribution in [3.63, 3.8) is 0 Å². The summed E-state index contributed by atoms with van der Waals surface area (Å²) < 4.78 is 1.46. The molecule has 1 heterocycles. The third-order valence-corrected chi connectivity index (χ3v) is 4.20. The van der Waals surface area contributed by atoms with Gasteiger partial charge in [-0.15, -0.1) is 5.10 Å². The lowest BCUT2D eigenvalue weighted by Gasteiger charge is -2.14. The molecular weight excluding hydrogens is 366 g/mol. The molecule has 138 valence electrons. The maximum Gasteiger partial charge on any atom is 0.273 e. The van der Waals surface area contributed by atoms with Gasteiger partial charge >= 0.3 is 0 Å². The SMILES string of the molecule is CC(=O)Nc1cccc(C(C)NC(=O)c2cn(-c3ccccc3Cl)nn2)c1. The fraction of sp³-hybridized carbons (Fsp3) is 0.158. The number of para-hydroxylation sites is 1. The molecule has 1 unspecified atom stereocenters. The molecule has 0 saturated carbocycles. The number of carbonyl (C=O) groups excluding carboxylic acids is 2. The average molecular weight is 384 g/mol. The summed E-state index contributed by atoms with van der Waals surface area (Å²) in [6, 6.07) is 14.2. The van der Waals surface area contributed by atoms with Crippen LogP contribution in [0.15, 0.2) is 54.7 Å². The zero-order valence-corrected chi connectivity index (χ0v) is 15.6. The van der Waals surface area contributed by atoms with Crippen LogP contribution in [-0.2, 0) is 4.79 Å². The van der Waals surface area contributed by atoms with Crippen LogP contribution in [0.5, 0.6) is 0 Å². The zero-order valence-electron chi connectivity index (χ0n) is 14.8. The van der Waals surface area contributed by atoms with E-state index in [1.54, 1.807) is 18.2 Å². The largest absolute Gasteiger partial charge is 0.344 e. The first-order valence-electron chi connectivity index (χ1n) is 8.29. The van der Waals surface area contributed by atoms with E-state index in [9.17, 15) is 9.59 Å². The standard InChI is InChI=1S/C19H18ClN5O2/c1-12(14-6-5-7-15(10-14)22-13(2)26)21-19(27)17-11-25(24-23-17)18-9-4-3-8-16(18)20/h3-12H,1-2H3,(H,21,27)(H,22,26). The lowest BCUT2D eigenvalue weighted by atomic mass is 10.1. The molecule has 27 heavy (non-hydrogen) atoms. The number of hydrogen-bond acceptors (Lipinski definition) is 4. The number of benzene rings is 2. The number of carbonyl (C=O) groups is 2. The molecule has 1 aromatic heterocycles. The molecule has 0 aliphatic heterocycles. The van der Waals surface area contributed by atoms with Crippen molar-refractivity contribution in [1.82, 2.24) is 20.3 Å². The number of nitrogens with one attached hydrogen (secondary N) is 2. The highest BCUT2D eigenvalue weighted by Crippen LogP contribution is 2.20. The molecule has 0 bridgehead atoms. The predicted molar refractivity (Wildman–Crippen MR) is 103 cm³/mol. The van der Waals surface area contributed by atoms with E-state index in [-0.39, 0.29) is 23.6 Å². The van der Waals surface area contributed by atoms with E-state index in [4.69, 9.17) is 11.6 Å². The van der Waals surface area contributed by atoms with Crippen LogP contribution >= 0.6 is 11.6 Å². The minimum absolute atomic E-state index is 0.153. The second kappa shape index (κ2) is 8.01. The Kier molecular flexibility index (Phi) is 5.52. The molecule has 0 fully saturated rings. The summed E-state index contributed by atoms with van der Waals surface area (Å²) in [6.07, 6.45) is 1.52. The van der Waals surface area contributed by atoms with E-state index in [2.05, 4.69) is 20.9 Å². The van der Waals surface area contributed by atoms with Crippen LogP contribution in [0, 0.1) is 0 Å². The van der Waals surface area contributed by atoms with E-state index < -0.39 is 0 Å². The Hall–Kier alpha value is -3.19. The van der Waals surface area contributed by atoms with Gasteiger partial charge in [-0.1, -0.05) is 41.1 Å². The molecule has 2 N–H and O–H groups in total. The molecule has 0 saturated heterocycles. The number of aromatic nitrogens is 3. The molecule has 0 aliphatic rings. The van der Waals surface area contributed by atoms with Crippen molar-refractivity contribution in [2.24, 2.45) is 0 Å². The second-order valence-electron chi connectivity index (χ2n) is 6.00. The molecular formula is C19H18ClN5O2. The molecule has 0 spiro atoms. The molecule has 3 rings (SSSR count). The van der Waals surface area contributed by atoms with Gasteiger partial charge in [0.05, 0.1) is 22.9 Å². The number of hydrogen-bond donors (Lipinski definition) is 2. The van der Waals surface area contributed by atoms with Gasteiger partial charge in [0.2, 0.25) is 5.91 Å². The summed E-state index contributed by atoms with van der Waals surface area (Å²) in [7, 11) is 0. The number of nitrogens with zero attached hydrogens (tertiary/aromatic N) is 3. The van der Waals surface area contributed by atoms with Gasteiger partial charge in [0.1, 0.15) is 0 Å². The third kappa shape index (κ3) is 4.51. The van der Waals surface area contributed by atoms with Gasteiger partial charge in [-0.25, -0.2) is 4.68 Å². The predicted octanol–water partition coefficient (Wildman–Crippen LogP) is 3.37. The first kappa shape index (κ1) is 18.6. The van der Waals surface area contributed by atoms with Crippen molar-refractivity contribution < 1.29 is 9.59 Å². The number of anilines is 1. The van der Waals surface area contributed by atoms with Gasteiger partial charge in [0, 0.05) is 12.6 Å². The van der Waals surface area contributed by atoms with Crippen molar-refractivity contribution in [2.75, 3.05) is 5.32 Å². The van der Waals surface area contributed by atoms with Crippen LogP contribution in [0.25, 0.3) is 5.69 Å². The monoisotopic (exact) mass is 383 g/mol. The van der Waals surface area contributed by atoms with Crippen molar-refractivity contribution in [2.45, 2.75) is 19.9 Å². The maximum absolute atomic E-state index is 12.5. The fourth-order valence-corrected chi connectivity index (χ4v) is 2.79. The molecule has 2 amide bonds. The van der Waals surface area contributed by atoms with Crippen molar-refractivity contribution in [3.05, 3.63) is 71.0 Å². The Bertz CT molecular complexity index is 985. The van der Waals surface area contributed by atoms with Crippen LogP contribution in [-0.4, -0.2) is 26.8 Å². The van der Waals surface area contributed by atoms with Crippen LogP contribution in [0.2, 0.25) is 5.02 Å². The quantitative estimate of drug-likeness (QED) is 0.706. The lowest BCUT2D eigenvalue weighted by Crippen LogP contribution is -2.27. The van der Waals surface area contributed by atoms with Crippen LogP contribution in [0.4, 0.5) is 5.69 Å². The molecule has 7 nitrogen and oxygen atoms in total. The Morgan fingerprint density at radius 2 is 1.93 bits per heavy atom. The Balaban J connectivity index is 1.72. The Labute approximate surface area is 161 Å². The van der Waals surface area contributed by atoms with E-state index in [1.165, 1.54) is 17.8 Å². The molecule has 8 heteroatoms. The van der Waals surface area contributed by atoms with Gasteiger partial charge < -0.3 is 10.6 Å². The van der Waals surface area contributed by atoms with Gasteiger partial charge in [0.15, 0.2) is 5.69 Å². The number of rotatable bonds is 5. The summed E-state index contributed by atoms with van der Waals surface area (Å²) >= 11 is 6.14. The fourth-order valence-electron chi connectivity index (χ4n) is 2.57. The summed E-state index contributed by atoms with van der Waals surface area (Å²) in [4.78, 5) is 23.7. The van der Waals surface area contributed by atoms with Gasteiger partial charge in [-0.05, 0) is 36.8 Å². The summed E-state index contributed by atoms with van der Waals surface area (Å²) in [5.74, 6) is -0.509. The highest BCUT2D eigenvalue weighted by atomic mass is 35.5.